The number of hydrogen-bond donors (Lipinski definition) is 1. The van der Waals surface area contributed by atoms with Crippen molar-refractivity contribution < 1.29 is 38.2 Å². The van der Waals surface area contributed by atoms with E-state index in [0.717, 1.165) is 4.90 Å². The van der Waals surface area contributed by atoms with Crippen molar-refractivity contribution in [2.45, 2.75) is 78.0 Å². The first-order chi connectivity index (χ1) is 15.8. The molecule has 0 fully saturated rings. The Morgan fingerprint density at radius 2 is 1.38 bits per heavy atom. The van der Waals surface area contributed by atoms with E-state index in [1.165, 1.54) is 26.1 Å². The topological polar surface area (TPSA) is 146 Å². The van der Waals surface area contributed by atoms with Crippen molar-refractivity contribution in [3.8, 4) is 0 Å². The summed E-state index contributed by atoms with van der Waals surface area (Å²) in [5.74, 6) is -4.90. The van der Waals surface area contributed by atoms with Gasteiger partial charge >= 0.3 is 11.9 Å². The van der Waals surface area contributed by atoms with Gasteiger partial charge in [-0.25, -0.2) is 0 Å². The molecule has 1 unspecified atom stereocenters. The van der Waals surface area contributed by atoms with Gasteiger partial charge in [0.1, 0.15) is 12.1 Å². The maximum atomic E-state index is 13.6. The fourth-order valence-corrected chi connectivity index (χ4v) is 3.35. The second-order valence-corrected chi connectivity index (χ2v) is 8.60. The number of ether oxygens (including phenoxy) is 3. The van der Waals surface area contributed by atoms with E-state index in [2.05, 4.69) is 0 Å². The molecule has 0 aromatic heterocycles. The van der Waals surface area contributed by atoms with Crippen LogP contribution in [0.3, 0.4) is 0 Å². The van der Waals surface area contributed by atoms with Crippen LogP contribution in [0.2, 0.25) is 0 Å². The van der Waals surface area contributed by atoms with E-state index in [1.807, 2.05) is 6.92 Å². The van der Waals surface area contributed by atoms with Crippen molar-refractivity contribution >= 4 is 29.7 Å². The predicted molar refractivity (Wildman–Crippen MR) is 124 cm³/mol. The van der Waals surface area contributed by atoms with E-state index >= 15 is 0 Å². The standard InChI is InChI=1S/C23H41N3O8/c1-9-12-18(27)25(6)16(13-15(21(30)33-10-2)22(31)34-11-3)20(29)26(7)17(19(24)28)14-23(4,5)32-8/h15-17H,9-14H2,1-8H3,(H2,24,28)/t16?,17-/m0/s1. The SMILES string of the molecule is CCCC(=O)N(C)C(CC(C(=O)OCC)C(=O)OCC)C(=O)N(C)[C@@H](CC(C)(C)OC)C(N)=O. The van der Waals surface area contributed by atoms with Crippen molar-refractivity contribution in [1.82, 2.24) is 9.80 Å². The van der Waals surface area contributed by atoms with Crippen LogP contribution in [0.15, 0.2) is 0 Å². The van der Waals surface area contributed by atoms with Gasteiger partial charge in [0.25, 0.3) is 0 Å². The number of primary amides is 1. The van der Waals surface area contributed by atoms with Crippen LogP contribution in [-0.2, 0) is 38.2 Å². The molecule has 3 amide bonds. The van der Waals surface area contributed by atoms with Crippen molar-refractivity contribution in [2.75, 3.05) is 34.4 Å². The van der Waals surface area contributed by atoms with E-state index in [4.69, 9.17) is 19.9 Å². The lowest BCUT2D eigenvalue weighted by molar-refractivity contribution is -0.164. The smallest absolute Gasteiger partial charge is 0.320 e. The molecule has 2 N–H and O–H groups in total. The van der Waals surface area contributed by atoms with Gasteiger partial charge in [0.15, 0.2) is 5.92 Å². The third-order valence-electron chi connectivity index (χ3n) is 5.59. The maximum absolute atomic E-state index is 13.6. The minimum absolute atomic E-state index is 0.0215. The molecule has 0 aromatic rings. The van der Waals surface area contributed by atoms with Gasteiger partial charge < -0.3 is 29.7 Å². The van der Waals surface area contributed by atoms with Crippen LogP contribution >= 0.6 is 0 Å². The number of methoxy groups -OCH3 is 1. The van der Waals surface area contributed by atoms with Crippen LogP contribution < -0.4 is 5.73 Å². The van der Waals surface area contributed by atoms with Gasteiger partial charge in [0.2, 0.25) is 17.7 Å². The van der Waals surface area contributed by atoms with Crippen LogP contribution in [0.1, 0.15) is 60.3 Å². The molecule has 0 bridgehead atoms. The first kappa shape index (κ1) is 31.3. The molecule has 0 aromatic carbocycles. The van der Waals surface area contributed by atoms with E-state index < -0.39 is 47.4 Å². The van der Waals surface area contributed by atoms with Gasteiger partial charge in [-0.2, -0.15) is 0 Å². The highest BCUT2D eigenvalue weighted by atomic mass is 16.6. The third-order valence-corrected chi connectivity index (χ3v) is 5.59. The third kappa shape index (κ3) is 9.28. The minimum atomic E-state index is -1.43. The molecule has 0 saturated heterocycles. The highest BCUT2D eigenvalue weighted by molar-refractivity contribution is 5.97. The Balaban J connectivity index is 6.26. The number of nitrogens with two attached hydrogens (primary N) is 1. The number of likely N-dealkylation sites (N-methyl/N-ethyl adjacent to an activating group) is 2. The van der Waals surface area contributed by atoms with Crippen LogP contribution in [0.25, 0.3) is 0 Å². The molecule has 0 aliphatic rings. The van der Waals surface area contributed by atoms with Crippen molar-refractivity contribution in [2.24, 2.45) is 11.7 Å². The lowest BCUT2D eigenvalue weighted by Crippen LogP contribution is -2.56. The van der Waals surface area contributed by atoms with Crippen molar-refractivity contribution in [3.63, 3.8) is 0 Å². The van der Waals surface area contributed by atoms with E-state index in [0.29, 0.717) is 6.42 Å². The molecule has 0 aliphatic carbocycles. The van der Waals surface area contributed by atoms with Gasteiger partial charge in [-0.3, -0.25) is 24.0 Å². The molecular weight excluding hydrogens is 446 g/mol. The largest absolute Gasteiger partial charge is 0.465 e. The highest BCUT2D eigenvalue weighted by Gasteiger charge is 2.41. The van der Waals surface area contributed by atoms with Crippen LogP contribution in [0.4, 0.5) is 0 Å². The summed E-state index contributed by atoms with van der Waals surface area (Å²) in [6.45, 7) is 8.51. The van der Waals surface area contributed by atoms with E-state index in [1.54, 1.807) is 27.7 Å². The molecule has 0 rings (SSSR count). The van der Waals surface area contributed by atoms with Crippen LogP contribution in [-0.4, -0.2) is 91.6 Å². The molecular formula is C23H41N3O8. The fourth-order valence-electron chi connectivity index (χ4n) is 3.35. The zero-order valence-corrected chi connectivity index (χ0v) is 21.7. The van der Waals surface area contributed by atoms with Crippen LogP contribution in [0.5, 0.6) is 0 Å². The molecule has 0 aliphatic heterocycles. The summed E-state index contributed by atoms with van der Waals surface area (Å²) in [6, 6.07) is -2.29. The molecule has 0 heterocycles. The lowest BCUT2D eigenvalue weighted by atomic mass is 9.94. The number of amides is 3. The van der Waals surface area contributed by atoms with Crippen molar-refractivity contribution in [1.29, 1.82) is 0 Å². The zero-order chi connectivity index (χ0) is 26.6. The normalized spacial score (nSPS) is 13.1. The first-order valence-electron chi connectivity index (χ1n) is 11.5. The molecule has 11 heteroatoms. The number of rotatable bonds is 15. The molecule has 0 saturated carbocycles. The van der Waals surface area contributed by atoms with Gasteiger partial charge in [-0.1, -0.05) is 6.92 Å². The van der Waals surface area contributed by atoms with Gasteiger partial charge in [-0.05, 0) is 34.1 Å². The summed E-state index contributed by atoms with van der Waals surface area (Å²) < 4.78 is 15.4. The lowest BCUT2D eigenvalue weighted by Gasteiger charge is -2.37. The molecule has 34 heavy (non-hydrogen) atoms. The molecule has 196 valence electrons. The summed E-state index contributed by atoms with van der Waals surface area (Å²) in [5.41, 5.74) is 4.81. The summed E-state index contributed by atoms with van der Waals surface area (Å²) in [5, 5.41) is 0. The fraction of sp³-hybridized carbons (Fsp3) is 0.783. The molecule has 0 spiro atoms. The monoisotopic (exact) mass is 487 g/mol. The first-order valence-corrected chi connectivity index (χ1v) is 11.5. The van der Waals surface area contributed by atoms with Crippen LogP contribution in [0, 0.1) is 5.92 Å². The Morgan fingerprint density at radius 3 is 1.76 bits per heavy atom. The Labute approximate surface area is 202 Å². The maximum Gasteiger partial charge on any atom is 0.320 e. The Hall–Kier alpha value is -2.69. The Kier molecular flexibility index (Phi) is 13.4. The second-order valence-electron chi connectivity index (χ2n) is 8.60. The van der Waals surface area contributed by atoms with E-state index in [9.17, 15) is 24.0 Å². The molecule has 2 atom stereocenters. The van der Waals surface area contributed by atoms with E-state index in [-0.39, 0.29) is 38.4 Å². The second kappa shape index (κ2) is 14.5. The Bertz CT molecular complexity index is 707. The molecule has 0 radical (unpaired) electrons. The quantitative estimate of drug-likeness (QED) is 0.265. The Morgan fingerprint density at radius 1 is 0.882 bits per heavy atom. The summed E-state index contributed by atoms with van der Waals surface area (Å²) in [4.78, 5) is 65.9. The predicted octanol–water partition coefficient (Wildman–Crippen LogP) is 0.873. The number of nitrogens with zero attached hydrogens (tertiary/aromatic N) is 2. The van der Waals surface area contributed by atoms with Gasteiger partial charge in [0.05, 0.1) is 18.8 Å². The zero-order valence-electron chi connectivity index (χ0n) is 21.7. The van der Waals surface area contributed by atoms with Gasteiger partial charge in [0, 0.05) is 40.5 Å². The van der Waals surface area contributed by atoms with Crippen molar-refractivity contribution in [3.05, 3.63) is 0 Å². The average Bonchev–Trinajstić information content (AvgIpc) is 2.77. The summed E-state index contributed by atoms with van der Waals surface area (Å²) in [7, 11) is 4.28. The number of carbonyl (C=O) groups excluding carboxylic acids is 5. The number of hydrogen-bond acceptors (Lipinski definition) is 8. The summed E-state index contributed by atoms with van der Waals surface area (Å²) >= 11 is 0. The number of carbonyl (C=O) groups is 5. The highest BCUT2D eigenvalue weighted by Crippen LogP contribution is 2.23. The average molecular weight is 488 g/mol. The van der Waals surface area contributed by atoms with Gasteiger partial charge in [-0.15, -0.1) is 0 Å². The minimum Gasteiger partial charge on any atom is -0.465 e. The number of esters is 2. The summed E-state index contributed by atoms with van der Waals surface area (Å²) in [6.07, 6.45) is 0.417. The molecule has 11 nitrogen and oxygen atoms in total.